The zero-order valence-corrected chi connectivity index (χ0v) is 15.8. The summed E-state index contributed by atoms with van der Waals surface area (Å²) in [7, 11) is -2.83. The molecule has 1 unspecified atom stereocenters. The van der Waals surface area contributed by atoms with E-state index in [1.165, 1.54) is 0 Å². The molecule has 0 aromatic rings. The second kappa shape index (κ2) is 14.2. The maximum atomic E-state index is 12.6. The van der Waals surface area contributed by atoms with Crippen molar-refractivity contribution in [2.75, 3.05) is 92.4 Å². The topological polar surface area (TPSA) is 75.7 Å². The Morgan fingerprint density at radius 3 is 1.42 bits per heavy atom. The van der Waals surface area contributed by atoms with Gasteiger partial charge in [0.25, 0.3) is 7.52 Å². The Morgan fingerprint density at radius 2 is 1.08 bits per heavy atom. The van der Waals surface area contributed by atoms with Crippen molar-refractivity contribution < 1.29 is 32.8 Å². The molecule has 0 amide bonds. The number of ether oxygens (including phenoxy) is 5. The first kappa shape index (κ1) is 22.0. The minimum atomic E-state index is -2.83. The Morgan fingerprint density at radius 1 is 0.750 bits per heavy atom. The van der Waals surface area contributed by atoms with Crippen LogP contribution in [0.3, 0.4) is 0 Å². The third kappa shape index (κ3) is 10.7. The van der Waals surface area contributed by atoms with Crippen LogP contribution in [0.25, 0.3) is 0 Å². The molecule has 0 aliphatic carbocycles. The molecule has 0 aromatic heterocycles. The standard InChI is InChI=1S/C15H32NO7P/c1-3-23-24(2,17)16-4-6-18-8-10-20-12-14-22-15-13-21-11-9-19-7-5-16/h3-15H2,1-2H3. The smallest absolute Gasteiger partial charge is 0.269 e. The van der Waals surface area contributed by atoms with Crippen molar-refractivity contribution >= 4 is 7.52 Å². The predicted molar refractivity (Wildman–Crippen MR) is 90.8 cm³/mol. The quantitative estimate of drug-likeness (QED) is 0.688. The molecule has 0 spiro atoms. The van der Waals surface area contributed by atoms with Crippen LogP contribution in [0, 0.1) is 0 Å². The summed E-state index contributed by atoms with van der Waals surface area (Å²) < 4.78 is 47.1. The molecule has 1 aliphatic rings. The van der Waals surface area contributed by atoms with Gasteiger partial charge in [-0.2, -0.15) is 0 Å². The second-order valence-electron chi connectivity index (χ2n) is 5.24. The molecule has 0 bridgehead atoms. The molecule has 1 rings (SSSR count). The van der Waals surface area contributed by atoms with E-state index in [1.54, 1.807) is 11.3 Å². The van der Waals surface area contributed by atoms with Crippen LogP contribution in [0.5, 0.6) is 0 Å². The van der Waals surface area contributed by atoms with Gasteiger partial charge in [-0.25, -0.2) is 4.67 Å². The molecule has 1 fully saturated rings. The van der Waals surface area contributed by atoms with Crippen LogP contribution < -0.4 is 0 Å². The zero-order valence-electron chi connectivity index (χ0n) is 14.9. The van der Waals surface area contributed by atoms with Gasteiger partial charge in [-0.05, 0) is 6.92 Å². The minimum absolute atomic E-state index is 0.412. The van der Waals surface area contributed by atoms with E-state index in [0.717, 1.165) is 0 Å². The number of hydrogen-bond acceptors (Lipinski definition) is 7. The van der Waals surface area contributed by atoms with Gasteiger partial charge in [-0.15, -0.1) is 0 Å². The van der Waals surface area contributed by atoms with Crippen LogP contribution in [0.15, 0.2) is 0 Å². The predicted octanol–water partition coefficient (Wildman–Crippen LogP) is 1.24. The monoisotopic (exact) mass is 369 g/mol. The van der Waals surface area contributed by atoms with Gasteiger partial charge < -0.3 is 28.2 Å². The third-order valence-electron chi connectivity index (χ3n) is 3.36. The van der Waals surface area contributed by atoms with E-state index in [-0.39, 0.29) is 0 Å². The van der Waals surface area contributed by atoms with E-state index in [0.29, 0.717) is 85.8 Å². The normalized spacial score (nSPS) is 24.6. The van der Waals surface area contributed by atoms with Crippen LogP contribution >= 0.6 is 7.52 Å². The van der Waals surface area contributed by atoms with Gasteiger partial charge in [-0.3, -0.25) is 4.57 Å². The lowest BCUT2D eigenvalue weighted by Crippen LogP contribution is -2.30. The Hall–Kier alpha value is -0.0500. The lowest BCUT2D eigenvalue weighted by molar-refractivity contribution is -0.0156. The highest BCUT2D eigenvalue weighted by Crippen LogP contribution is 2.46. The second-order valence-corrected chi connectivity index (χ2v) is 7.67. The molecule has 0 N–H and O–H groups in total. The summed E-state index contributed by atoms with van der Waals surface area (Å²) in [5.41, 5.74) is 0. The van der Waals surface area contributed by atoms with Crippen LogP contribution in [-0.2, 0) is 32.8 Å². The summed E-state index contributed by atoms with van der Waals surface area (Å²) >= 11 is 0. The maximum Gasteiger partial charge on any atom is 0.269 e. The molecule has 144 valence electrons. The highest BCUT2D eigenvalue weighted by Gasteiger charge is 2.25. The number of nitrogens with zero attached hydrogens (tertiary/aromatic N) is 1. The van der Waals surface area contributed by atoms with Crippen LogP contribution in [0.2, 0.25) is 0 Å². The molecule has 0 radical (unpaired) electrons. The first-order valence-corrected chi connectivity index (χ1v) is 10.6. The van der Waals surface area contributed by atoms with E-state index in [1.807, 2.05) is 6.92 Å². The molecule has 1 atom stereocenters. The Labute approximate surface area is 145 Å². The van der Waals surface area contributed by atoms with Crippen molar-refractivity contribution in [2.24, 2.45) is 0 Å². The van der Waals surface area contributed by atoms with Crippen molar-refractivity contribution in [3.8, 4) is 0 Å². The van der Waals surface area contributed by atoms with Crippen molar-refractivity contribution in [1.82, 2.24) is 4.67 Å². The highest BCUT2D eigenvalue weighted by molar-refractivity contribution is 7.55. The fourth-order valence-corrected chi connectivity index (χ4v) is 3.65. The molecule has 0 saturated carbocycles. The van der Waals surface area contributed by atoms with Crippen molar-refractivity contribution in [3.63, 3.8) is 0 Å². The molecular weight excluding hydrogens is 337 g/mol. The first-order chi connectivity index (χ1) is 11.7. The van der Waals surface area contributed by atoms with E-state index in [9.17, 15) is 4.57 Å². The van der Waals surface area contributed by atoms with Crippen LogP contribution in [0.4, 0.5) is 0 Å². The molecule has 8 nitrogen and oxygen atoms in total. The van der Waals surface area contributed by atoms with Gasteiger partial charge in [0.1, 0.15) is 0 Å². The summed E-state index contributed by atoms with van der Waals surface area (Å²) in [5.74, 6) is 0. The average molecular weight is 369 g/mol. The Balaban J connectivity index is 2.41. The lowest BCUT2D eigenvalue weighted by Gasteiger charge is -2.28. The maximum absolute atomic E-state index is 12.6. The molecule has 1 heterocycles. The van der Waals surface area contributed by atoms with E-state index in [4.69, 9.17) is 28.2 Å². The van der Waals surface area contributed by atoms with Gasteiger partial charge >= 0.3 is 0 Å². The summed E-state index contributed by atoms with van der Waals surface area (Å²) in [6.07, 6.45) is 0. The van der Waals surface area contributed by atoms with Gasteiger partial charge in [0.15, 0.2) is 0 Å². The largest absolute Gasteiger partial charge is 0.378 e. The van der Waals surface area contributed by atoms with Crippen LogP contribution in [-0.4, -0.2) is 97.1 Å². The molecular formula is C15H32NO7P. The van der Waals surface area contributed by atoms with Gasteiger partial charge in [0.05, 0.1) is 72.7 Å². The Kier molecular flexibility index (Phi) is 13.0. The lowest BCUT2D eigenvalue weighted by atomic mass is 10.6. The molecule has 9 heteroatoms. The van der Waals surface area contributed by atoms with Crippen LogP contribution in [0.1, 0.15) is 6.92 Å². The molecule has 1 aliphatic heterocycles. The fourth-order valence-electron chi connectivity index (χ4n) is 2.12. The average Bonchev–Trinajstić information content (AvgIpc) is 2.54. The fraction of sp³-hybridized carbons (Fsp3) is 1.00. The highest BCUT2D eigenvalue weighted by atomic mass is 31.2. The zero-order chi connectivity index (χ0) is 17.5. The van der Waals surface area contributed by atoms with Gasteiger partial charge in [0.2, 0.25) is 0 Å². The van der Waals surface area contributed by atoms with E-state index < -0.39 is 7.52 Å². The molecule has 0 aromatic carbocycles. The van der Waals surface area contributed by atoms with Crippen molar-refractivity contribution in [2.45, 2.75) is 6.92 Å². The summed E-state index contributed by atoms with van der Waals surface area (Å²) in [5, 5.41) is 0. The summed E-state index contributed by atoms with van der Waals surface area (Å²) in [6, 6.07) is 0. The Bertz CT molecular complexity index is 328. The third-order valence-corrected chi connectivity index (χ3v) is 5.52. The minimum Gasteiger partial charge on any atom is -0.378 e. The molecule has 24 heavy (non-hydrogen) atoms. The number of rotatable bonds is 3. The van der Waals surface area contributed by atoms with E-state index in [2.05, 4.69) is 0 Å². The van der Waals surface area contributed by atoms with Crippen molar-refractivity contribution in [1.29, 1.82) is 0 Å². The van der Waals surface area contributed by atoms with Crippen molar-refractivity contribution in [3.05, 3.63) is 0 Å². The molecule has 1 saturated heterocycles. The number of hydrogen-bond donors (Lipinski definition) is 0. The SMILES string of the molecule is CCOP(C)(=O)N1CCOCCOCCOCCOCCOCC1. The summed E-state index contributed by atoms with van der Waals surface area (Å²) in [6.45, 7) is 10.0. The first-order valence-electron chi connectivity index (χ1n) is 8.53. The van der Waals surface area contributed by atoms with Gasteiger partial charge in [0, 0.05) is 19.8 Å². The van der Waals surface area contributed by atoms with Gasteiger partial charge in [-0.1, -0.05) is 0 Å². The summed E-state index contributed by atoms with van der Waals surface area (Å²) in [4.78, 5) is 0. The van der Waals surface area contributed by atoms with E-state index >= 15 is 0 Å².